The van der Waals surface area contributed by atoms with E-state index < -0.39 is 18.0 Å². The van der Waals surface area contributed by atoms with Crippen molar-refractivity contribution in [2.24, 2.45) is 0 Å². The van der Waals surface area contributed by atoms with Crippen molar-refractivity contribution in [3.05, 3.63) is 32.9 Å². The molecule has 21 heavy (non-hydrogen) atoms. The van der Waals surface area contributed by atoms with Gasteiger partial charge in [-0.05, 0) is 35.1 Å². The third kappa shape index (κ3) is 2.10. The van der Waals surface area contributed by atoms with Crippen LogP contribution in [0, 0.1) is 14.9 Å². The standard InChI is InChI=1S/C14H10IN3O3/c15-8-3-1-2-7-10(6-16)18(14(21)12(7)8)9-4-5-11(19)17-13(9)20/h1-3,9-10H,4-5H2,(H,17,19,20). The van der Waals surface area contributed by atoms with Gasteiger partial charge in [0.25, 0.3) is 5.91 Å². The van der Waals surface area contributed by atoms with E-state index in [1.54, 1.807) is 18.2 Å². The van der Waals surface area contributed by atoms with Crippen molar-refractivity contribution in [2.45, 2.75) is 24.9 Å². The summed E-state index contributed by atoms with van der Waals surface area (Å²) in [7, 11) is 0. The number of hydrogen-bond donors (Lipinski definition) is 1. The molecule has 2 heterocycles. The first-order chi connectivity index (χ1) is 10.0. The van der Waals surface area contributed by atoms with Crippen LogP contribution in [0.1, 0.15) is 34.8 Å². The van der Waals surface area contributed by atoms with Gasteiger partial charge in [-0.1, -0.05) is 12.1 Å². The van der Waals surface area contributed by atoms with Gasteiger partial charge in [0.2, 0.25) is 11.8 Å². The molecule has 0 bridgehead atoms. The van der Waals surface area contributed by atoms with Crippen LogP contribution in [0.3, 0.4) is 0 Å². The molecule has 0 spiro atoms. The van der Waals surface area contributed by atoms with Crippen molar-refractivity contribution in [3.63, 3.8) is 0 Å². The maximum Gasteiger partial charge on any atom is 0.257 e. The maximum atomic E-state index is 12.6. The van der Waals surface area contributed by atoms with Gasteiger partial charge >= 0.3 is 0 Å². The van der Waals surface area contributed by atoms with E-state index in [-0.39, 0.29) is 24.7 Å². The molecule has 0 saturated carbocycles. The summed E-state index contributed by atoms with van der Waals surface area (Å²) in [5.74, 6) is -1.18. The van der Waals surface area contributed by atoms with Crippen LogP contribution in [-0.2, 0) is 9.59 Å². The minimum atomic E-state index is -0.786. The summed E-state index contributed by atoms with van der Waals surface area (Å²) < 4.78 is 0.755. The van der Waals surface area contributed by atoms with Crippen LogP contribution in [0.4, 0.5) is 0 Å². The fraction of sp³-hybridized carbons (Fsp3) is 0.286. The van der Waals surface area contributed by atoms with Crippen LogP contribution in [0.2, 0.25) is 0 Å². The minimum absolute atomic E-state index is 0.172. The molecule has 1 N–H and O–H groups in total. The fourth-order valence-corrected chi connectivity index (χ4v) is 3.54. The molecule has 2 unspecified atom stereocenters. The Balaban J connectivity index is 2.03. The predicted octanol–water partition coefficient (Wildman–Crippen LogP) is 1.12. The first kappa shape index (κ1) is 14.0. The number of imide groups is 1. The van der Waals surface area contributed by atoms with Crippen LogP contribution in [0.5, 0.6) is 0 Å². The number of amides is 3. The molecule has 3 amide bonds. The monoisotopic (exact) mass is 395 g/mol. The van der Waals surface area contributed by atoms with Gasteiger partial charge < -0.3 is 4.90 Å². The van der Waals surface area contributed by atoms with E-state index in [9.17, 15) is 19.6 Å². The average Bonchev–Trinajstić information content (AvgIpc) is 2.73. The molecule has 1 aromatic rings. The van der Waals surface area contributed by atoms with Crippen LogP contribution in [0.25, 0.3) is 0 Å². The molecule has 2 atom stereocenters. The zero-order chi connectivity index (χ0) is 15.1. The van der Waals surface area contributed by atoms with E-state index in [0.29, 0.717) is 11.1 Å². The first-order valence-electron chi connectivity index (χ1n) is 6.39. The second kappa shape index (κ2) is 5.11. The lowest BCUT2D eigenvalue weighted by atomic mass is 10.0. The molecular formula is C14H10IN3O3. The van der Waals surface area contributed by atoms with Crippen molar-refractivity contribution in [2.75, 3.05) is 0 Å². The summed E-state index contributed by atoms with van der Waals surface area (Å²) in [6.07, 6.45) is 0.422. The van der Waals surface area contributed by atoms with Crippen molar-refractivity contribution in [1.29, 1.82) is 5.26 Å². The number of benzene rings is 1. The molecule has 1 fully saturated rings. The van der Waals surface area contributed by atoms with Crippen LogP contribution < -0.4 is 5.32 Å². The number of nitrogens with zero attached hydrogens (tertiary/aromatic N) is 2. The molecule has 0 radical (unpaired) electrons. The summed E-state index contributed by atoms with van der Waals surface area (Å²) in [5.41, 5.74) is 1.11. The van der Waals surface area contributed by atoms with E-state index in [0.717, 1.165) is 3.57 Å². The molecule has 1 saturated heterocycles. The molecule has 0 aliphatic carbocycles. The highest BCUT2D eigenvalue weighted by Gasteiger charge is 2.45. The molecule has 3 rings (SSSR count). The molecule has 2 aliphatic heterocycles. The maximum absolute atomic E-state index is 12.6. The smallest absolute Gasteiger partial charge is 0.257 e. The van der Waals surface area contributed by atoms with E-state index in [1.165, 1.54) is 4.90 Å². The number of rotatable bonds is 1. The Labute approximate surface area is 134 Å². The third-order valence-electron chi connectivity index (χ3n) is 3.74. The fourth-order valence-electron chi connectivity index (χ4n) is 2.79. The van der Waals surface area contributed by atoms with Gasteiger partial charge in [-0.2, -0.15) is 5.26 Å². The molecule has 7 heteroatoms. The number of piperidine rings is 1. The van der Waals surface area contributed by atoms with Crippen LogP contribution in [-0.4, -0.2) is 28.7 Å². The zero-order valence-corrected chi connectivity index (χ0v) is 13.0. The van der Waals surface area contributed by atoms with E-state index in [1.807, 2.05) is 22.6 Å². The van der Waals surface area contributed by atoms with Crippen molar-refractivity contribution in [3.8, 4) is 6.07 Å². The summed E-state index contributed by atoms with van der Waals surface area (Å²) in [5, 5.41) is 11.6. The lowest BCUT2D eigenvalue weighted by molar-refractivity contribution is -0.137. The normalized spacial score (nSPS) is 24.6. The van der Waals surface area contributed by atoms with Gasteiger partial charge in [0.15, 0.2) is 0 Å². The van der Waals surface area contributed by atoms with Crippen molar-refractivity contribution < 1.29 is 14.4 Å². The highest BCUT2D eigenvalue weighted by atomic mass is 127. The van der Waals surface area contributed by atoms with Gasteiger partial charge in [-0.15, -0.1) is 0 Å². The lowest BCUT2D eigenvalue weighted by Gasteiger charge is -2.31. The lowest BCUT2D eigenvalue weighted by Crippen LogP contribution is -2.53. The SMILES string of the molecule is N#CC1c2cccc(I)c2C(=O)N1C1CCC(=O)NC1=O. The molecule has 106 valence electrons. The number of carbonyl (C=O) groups is 3. The van der Waals surface area contributed by atoms with Crippen LogP contribution >= 0.6 is 22.6 Å². The van der Waals surface area contributed by atoms with Gasteiger partial charge in [-0.25, -0.2) is 0 Å². The second-order valence-electron chi connectivity index (χ2n) is 4.92. The third-order valence-corrected chi connectivity index (χ3v) is 4.63. The minimum Gasteiger partial charge on any atom is -0.306 e. The summed E-state index contributed by atoms with van der Waals surface area (Å²) in [6.45, 7) is 0. The Morgan fingerprint density at radius 1 is 1.33 bits per heavy atom. The summed E-state index contributed by atoms with van der Waals surface area (Å²) in [6, 6.07) is 5.84. The van der Waals surface area contributed by atoms with Crippen molar-refractivity contribution >= 4 is 40.3 Å². The Bertz CT molecular complexity index is 710. The Morgan fingerprint density at radius 2 is 2.10 bits per heavy atom. The number of halogens is 1. The van der Waals surface area contributed by atoms with Gasteiger partial charge in [0, 0.05) is 15.6 Å². The number of nitriles is 1. The Hall–Kier alpha value is -1.95. The number of hydrogen-bond acceptors (Lipinski definition) is 4. The number of carbonyl (C=O) groups excluding carboxylic acids is 3. The highest BCUT2D eigenvalue weighted by Crippen LogP contribution is 2.38. The molecular weight excluding hydrogens is 385 g/mol. The highest BCUT2D eigenvalue weighted by molar-refractivity contribution is 14.1. The van der Waals surface area contributed by atoms with E-state index in [4.69, 9.17) is 0 Å². The molecule has 6 nitrogen and oxygen atoms in total. The van der Waals surface area contributed by atoms with E-state index >= 15 is 0 Å². The van der Waals surface area contributed by atoms with Gasteiger partial charge in [0.1, 0.15) is 12.1 Å². The zero-order valence-electron chi connectivity index (χ0n) is 10.8. The summed E-state index contributed by atoms with van der Waals surface area (Å²) >= 11 is 2.05. The van der Waals surface area contributed by atoms with Crippen LogP contribution in [0.15, 0.2) is 18.2 Å². The molecule has 2 aliphatic rings. The number of nitrogens with one attached hydrogen (secondary N) is 1. The predicted molar refractivity (Wildman–Crippen MR) is 79.9 cm³/mol. The Morgan fingerprint density at radius 3 is 2.76 bits per heavy atom. The topological polar surface area (TPSA) is 90.3 Å². The summed E-state index contributed by atoms with van der Waals surface area (Å²) in [4.78, 5) is 37.2. The first-order valence-corrected chi connectivity index (χ1v) is 7.47. The quantitative estimate of drug-likeness (QED) is 0.570. The van der Waals surface area contributed by atoms with Gasteiger partial charge in [-0.3, -0.25) is 19.7 Å². The largest absolute Gasteiger partial charge is 0.306 e. The molecule has 1 aromatic carbocycles. The van der Waals surface area contributed by atoms with Crippen molar-refractivity contribution in [1.82, 2.24) is 10.2 Å². The molecule has 0 aromatic heterocycles. The van der Waals surface area contributed by atoms with Gasteiger partial charge in [0.05, 0.1) is 11.6 Å². The average molecular weight is 395 g/mol. The Kier molecular flexibility index (Phi) is 3.41. The second-order valence-corrected chi connectivity index (χ2v) is 6.08. The number of fused-ring (bicyclic) bond motifs is 1. The van der Waals surface area contributed by atoms with E-state index in [2.05, 4.69) is 11.4 Å².